The summed E-state index contributed by atoms with van der Waals surface area (Å²) in [5.74, 6) is 1.79. The van der Waals surface area contributed by atoms with Gasteiger partial charge in [0.15, 0.2) is 11.6 Å². The van der Waals surface area contributed by atoms with Crippen LogP contribution in [0.1, 0.15) is 0 Å². The van der Waals surface area contributed by atoms with E-state index in [9.17, 15) is 0 Å². The van der Waals surface area contributed by atoms with Gasteiger partial charge in [-0.1, -0.05) is 170 Å². The number of fused-ring (bicyclic) bond motifs is 13. The maximum absolute atomic E-state index is 5.37. The van der Waals surface area contributed by atoms with Crippen LogP contribution in [-0.2, 0) is 0 Å². The molecule has 0 N–H and O–H groups in total. The standard InChI is InChI=1S/C63H38N6/c1-3-17-42-36-44(30-28-39(42)14-1)61-64-62(45-31-29-40-15-2-4-18-43(40)37-45)66-63(65-61)69-53-24-10-7-21-48(53)49-33-32-46(38-58(49)69)67-54-25-11-8-22-50(54)59-56(67)34-35-57-60(59)51-23-9-12-26-55(51)68(57)52-27-13-19-41-16-5-6-20-47(41)52/h1-38H. The maximum atomic E-state index is 5.37. The van der Waals surface area contributed by atoms with Crippen LogP contribution in [0.3, 0.4) is 0 Å². The largest absolute Gasteiger partial charge is 0.309 e. The summed E-state index contributed by atoms with van der Waals surface area (Å²) in [6.45, 7) is 0. The molecule has 0 aliphatic heterocycles. The van der Waals surface area contributed by atoms with E-state index in [1.807, 2.05) is 0 Å². The second kappa shape index (κ2) is 14.6. The Hall–Kier alpha value is -9.39. The summed E-state index contributed by atoms with van der Waals surface area (Å²) in [6.07, 6.45) is 0. The van der Waals surface area contributed by atoms with E-state index < -0.39 is 0 Å². The minimum Gasteiger partial charge on any atom is -0.309 e. The second-order valence-electron chi connectivity index (χ2n) is 18.0. The first-order valence-electron chi connectivity index (χ1n) is 23.4. The van der Waals surface area contributed by atoms with Gasteiger partial charge in [0.1, 0.15) is 0 Å². The zero-order valence-electron chi connectivity index (χ0n) is 37.1. The molecule has 6 heteroatoms. The van der Waals surface area contributed by atoms with Crippen molar-refractivity contribution in [2.75, 3.05) is 0 Å². The molecule has 0 bridgehead atoms. The van der Waals surface area contributed by atoms with Crippen LogP contribution in [0, 0.1) is 0 Å². The molecule has 0 spiro atoms. The maximum Gasteiger partial charge on any atom is 0.238 e. The molecule has 0 aliphatic carbocycles. The predicted molar refractivity (Wildman–Crippen MR) is 286 cm³/mol. The van der Waals surface area contributed by atoms with Crippen molar-refractivity contribution in [1.82, 2.24) is 28.7 Å². The summed E-state index contributed by atoms with van der Waals surface area (Å²) < 4.78 is 7.12. The van der Waals surface area contributed by atoms with Gasteiger partial charge in [0.25, 0.3) is 0 Å². The van der Waals surface area contributed by atoms with Crippen LogP contribution in [-0.4, -0.2) is 28.7 Å². The number of rotatable bonds is 5. The van der Waals surface area contributed by atoms with Crippen LogP contribution in [0.2, 0.25) is 0 Å². The Morgan fingerprint density at radius 2 is 0.739 bits per heavy atom. The Morgan fingerprint density at radius 3 is 1.38 bits per heavy atom. The molecule has 0 saturated heterocycles. The molecular weight excluding hydrogens is 841 g/mol. The van der Waals surface area contributed by atoms with Crippen molar-refractivity contribution >= 4 is 97.7 Å². The van der Waals surface area contributed by atoms with Crippen LogP contribution >= 0.6 is 0 Å². The third kappa shape index (κ3) is 5.63. The average Bonchev–Trinajstić information content (AvgIpc) is 4.05. The Morgan fingerprint density at radius 1 is 0.261 bits per heavy atom. The molecule has 0 radical (unpaired) electrons. The SMILES string of the molecule is c1ccc2cc(-c3nc(-c4ccc5ccccc5c4)nc(-n4c5ccccc5c5ccc(-n6c7ccccc7c7c8c9ccccc9n(-c9cccc%10ccccc9%10)c8ccc76)cc54)n3)ccc2c1. The Kier molecular flexibility index (Phi) is 7.97. The Labute approximate surface area is 395 Å². The molecule has 320 valence electrons. The Bertz CT molecular complexity index is 4520. The molecule has 0 fully saturated rings. The Balaban J connectivity index is 0.993. The van der Waals surface area contributed by atoms with E-state index in [2.05, 4.69) is 244 Å². The zero-order valence-corrected chi connectivity index (χ0v) is 37.1. The molecule has 15 rings (SSSR count). The molecule has 11 aromatic carbocycles. The first kappa shape index (κ1) is 37.8. The second-order valence-corrected chi connectivity index (χ2v) is 18.0. The van der Waals surface area contributed by atoms with Crippen molar-refractivity contribution in [2.45, 2.75) is 0 Å². The number of benzene rings is 11. The highest BCUT2D eigenvalue weighted by atomic mass is 15.2. The van der Waals surface area contributed by atoms with Gasteiger partial charge in [-0.3, -0.25) is 4.57 Å². The van der Waals surface area contributed by atoms with Gasteiger partial charge in [0.2, 0.25) is 5.95 Å². The predicted octanol–water partition coefficient (Wildman–Crippen LogP) is 16.0. The molecule has 0 aliphatic rings. The van der Waals surface area contributed by atoms with Gasteiger partial charge < -0.3 is 9.13 Å². The molecule has 4 aromatic heterocycles. The third-order valence-electron chi connectivity index (χ3n) is 14.2. The van der Waals surface area contributed by atoms with Crippen molar-refractivity contribution in [2.24, 2.45) is 0 Å². The smallest absolute Gasteiger partial charge is 0.238 e. The lowest BCUT2D eigenvalue weighted by Gasteiger charge is -2.13. The molecule has 4 heterocycles. The quantitative estimate of drug-likeness (QED) is 0.173. The lowest BCUT2D eigenvalue weighted by molar-refractivity contribution is 0.953. The van der Waals surface area contributed by atoms with Gasteiger partial charge in [0.05, 0.1) is 38.8 Å². The van der Waals surface area contributed by atoms with E-state index in [0.29, 0.717) is 17.6 Å². The molecule has 0 atom stereocenters. The van der Waals surface area contributed by atoms with E-state index in [1.54, 1.807) is 0 Å². The van der Waals surface area contributed by atoms with Crippen molar-refractivity contribution in [3.63, 3.8) is 0 Å². The van der Waals surface area contributed by atoms with Crippen LogP contribution in [0.25, 0.3) is 138 Å². The molecule has 0 amide bonds. The van der Waals surface area contributed by atoms with Crippen molar-refractivity contribution in [1.29, 1.82) is 0 Å². The van der Waals surface area contributed by atoms with Crippen LogP contribution in [0.15, 0.2) is 231 Å². The first-order valence-corrected chi connectivity index (χ1v) is 23.4. The summed E-state index contributed by atoms with van der Waals surface area (Å²) >= 11 is 0. The van der Waals surface area contributed by atoms with E-state index in [-0.39, 0.29) is 0 Å². The molecule has 0 saturated carbocycles. The minimum atomic E-state index is 0.560. The minimum absolute atomic E-state index is 0.560. The highest BCUT2D eigenvalue weighted by Gasteiger charge is 2.23. The lowest BCUT2D eigenvalue weighted by atomic mass is 10.1. The fourth-order valence-corrected chi connectivity index (χ4v) is 11.2. The van der Waals surface area contributed by atoms with Gasteiger partial charge in [-0.15, -0.1) is 0 Å². The first-order chi connectivity index (χ1) is 34.2. The van der Waals surface area contributed by atoms with Crippen molar-refractivity contribution < 1.29 is 0 Å². The fraction of sp³-hybridized carbons (Fsp3) is 0. The van der Waals surface area contributed by atoms with Crippen LogP contribution in [0.5, 0.6) is 0 Å². The van der Waals surface area contributed by atoms with Gasteiger partial charge >= 0.3 is 0 Å². The van der Waals surface area contributed by atoms with Crippen LogP contribution in [0.4, 0.5) is 0 Å². The molecular formula is C63H38N6. The van der Waals surface area contributed by atoms with Crippen LogP contribution < -0.4 is 0 Å². The number of aromatic nitrogens is 6. The van der Waals surface area contributed by atoms with Crippen molar-refractivity contribution in [3.8, 4) is 40.1 Å². The van der Waals surface area contributed by atoms with Gasteiger partial charge in [-0.25, -0.2) is 4.98 Å². The topological polar surface area (TPSA) is 53.5 Å². The summed E-state index contributed by atoms with van der Waals surface area (Å²) in [4.78, 5) is 16.0. The highest BCUT2D eigenvalue weighted by molar-refractivity contribution is 6.29. The molecule has 15 aromatic rings. The molecule has 69 heavy (non-hydrogen) atoms. The van der Waals surface area contributed by atoms with E-state index in [0.717, 1.165) is 60.4 Å². The zero-order chi connectivity index (χ0) is 45.2. The third-order valence-corrected chi connectivity index (χ3v) is 14.2. The van der Waals surface area contributed by atoms with Gasteiger partial charge in [-0.2, -0.15) is 9.97 Å². The summed E-state index contributed by atoms with van der Waals surface area (Å²) in [5.41, 5.74) is 10.8. The fourth-order valence-electron chi connectivity index (χ4n) is 11.2. The van der Waals surface area contributed by atoms with Gasteiger partial charge in [-0.05, 0) is 87.6 Å². The molecule has 0 unspecified atom stereocenters. The summed E-state index contributed by atoms with van der Waals surface area (Å²) in [6, 6.07) is 82.8. The monoisotopic (exact) mass is 878 g/mol. The number of hydrogen-bond acceptors (Lipinski definition) is 3. The lowest BCUT2D eigenvalue weighted by Crippen LogP contribution is -2.06. The normalized spacial score (nSPS) is 12.1. The number of hydrogen-bond donors (Lipinski definition) is 0. The van der Waals surface area contributed by atoms with E-state index in [4.69, 9.17) is 15.0 Å². The van der Waals surface area contributed by atoms with Gasteiger partial charge in [0, 0.05) is 54.5 Å². The average molecular weight is 879 g/mol. The van der Waals surface area contributed by atoms with E-state index >= 15 is 0 Å². The summed E-state index contributed by atoms with van der Waals surface area (Å²) in [5, 5.41) is 14.2. The highest BCUT2D eigenvalue weighted by Crippen LogP contribution is 2.44. The number of nitrogens with zero attached hydrogens (tertiary/aromatic N) is 6. The number of para-hydroxylation sites is 3. The van der Waals surface area contributed by atoms with Crippen molar-refractivity contribution in [3.05, 3.63) is 231 Å². The van der Waals surface area contributed by atoms with E-state index in [1.165, 1.54) is 59.8 Å². The summed E-state index contributed by atoms with van der Waals surface area (Å²) in [7, 11) is 0. The molecule has 6 nitrogen and oxygen atoms in total.